The van der Waals surface area contributed by atoms with Gasteiger partial charge in [-0.3, -0.25) is 4.21 Å². The average Bonchev–Trinajstić information content (AvgIpc) is 2.78. The zero-order chi connectivity index (χ0) is 13.5. The molecule has 0 aromatic rings. The van der Waals surface area contributed by atoms with Gasteiger partial charge in [0.25, 0.3) is 0 Å². The summed E-state index contributed by atoms with van der Waals surface area (Å²) in [7, 11) is -0.956. The zero-order valence-electron chi connectivity index (χ0n) is 11.8. The molecule has 2 fully saturated rings. The fraction of sp³-hybridized carbons (Fsp3) is 1.00. The van der Waals surface area contributed by atoms with Crippen LogP contribution in [0.2, 0.25) is 0 Å². The third-order valence-electron chi connectivity index (χ3n) is 3.29. The van der Waals surface area contributed by atoms with Crippen molar-refractivity contribution in [1.82, 2.24) is 0 Å². The van der Waals surface area contributed by atoms with Crippen LogP contribution in [0, 0.1) is 0 Å². The van der Waals surface area contributed by atoms with Crippen LogP contribution in [0.4, 0.5) is 0 Å². The Bertz CT molecular complexity index is 323. The number of hydrogen-bond acceptors (Lipinski definition) is 4. The maximum atomic E-state index is 12.4. The van der Waals surface area contributed by atoms with Crippen LogP contribution in [0.15, 0.2) is 0 Å². The van der Waals surface area contributed by atoms with Crippen LogP contribution in [0.1, 0.15) is 34.6 Å². The first-order valence-corrected chi connectivity index (χ1v) is 7.81. The van der Waals surface area contributed by atoms with Gasteiger partial charge >= 0.3 is 0 Å². The Hall–Kier alpha value is 0.0300. The molecular weight excluding hydrogens is 252 g/mol. The summed E-state index contributed by atoms with van der Waals surface area (Å²) < 4.78 is 29.6. The molecule has 0 bridgehead atoms. The molecule has 0 aromatic heterocycles. The molecule has 0 N–H and O–H groups in total. The molecule has 2 heterocycles. The fourth-order valence-electron chi connectivity index (χ4n) is 2.53. The van der Waals surface area contributed by atoms with Crippen molar-refractivity contribution in [2.75, 3.05) is 13.2 Å². The molecule has 5 heteroatoms. The molecule has 4 nitrogen and oxygen atoms in total. The third-order valence-corrected chi connectivity index (χ3v) is 5.45. The summed E-state index contributed by atoms with van der Waals surface area (Å²) in [4.78, 5) is 0. The van der Waals surface area contributed by atoms with Crippen molar-refractivity contribution in [2.24, 2.45) is 0 Å². The highest BCUT2D eigenvalue weighted by molar-refractivity contribution is 7.87. The molecule has 2 aliphatic rings. The second-order valence-corrected chi connectivity index (χ2v) is 8.69. The first-order valence-electron chi connectivity index (χ1n) is 6.60. The predicted molar refractivity (Wildman–Crippen MR) is 71.2 cm³/mol. The van der Waals surface area contributed by atoms with Crippen molar-refractivity contribution >= 4 is 10.8 Å². The van der Waals surface area contributed by atoms with Crippen LogP contribution in [-0.4, -0.2) is 51.8 Å². The maximum absolute atomic E-state index is 12.4. The number of hydrogen-bond donors (Lipinski definition) is 0. The van der Waals surface area contributed by atoms with Gasteiger partial charge in [0.1, 0.15) is 18.3 Å². The van der Waals surface area contributed by atoms with Gasteiger partial charge in [0, 0.05) is 15.5 Å². The van der Waals surface area contributed by atoms with Crippen LogP contribution >= 0.6 is 0 Å². The summed E-state index contributed by atoms with van der Waals surface area (Å²) in [5.74, 6) is 0. The molecule has 0 radical (unpaired) electrons. The van der Waals surface area contributed by atoms with Gasteiger partial charge in [-0.1, -0.05) is 0 Å². The summed E-state index contributed by atoms with van der Waals surface area (Å²) in [5, 5.41) is -0.0317. The lowest BCUT2D eigenvalue weighted by molar-refractivity contribution is -0.0567. The van der Waals surface area contributed by atoms with E-state index in [-0.39, 0.29) is 34.4 Å². The molecule has 18 heavy (non-hydrogen) atoms. The average molecular weight is 276 g/mol. The molecule has 106 valence electrons. The fourth-order valence-corrected chi connectivity index (χ4v) is 4.12. The Morgan fingerprint density at radius 3 is 2.33 bits per heavy atom. The molecule has 0 spiro atoms. The highest BCUT2D eigenvalue weighted by Crippen LogP contribution is 2.34. The van der Waals surface area contributed by atoms with E-state index in [4.69, 9.17) is 14.2 Å². The Morgan fingerprint density at radius 1 is 1.17 bits per heavy atom. The highest BCUT2D eigenvalue weighted by Gasteiger charge is 2.52. The summed E-state index contributed by atoms with van der Waals surface area (Å²) in [6.07, 6.45) is 0.0163. The second-order valence-electron chi connectivity index (χ2n) is 6.27. The van der Waals surface area contributed by atoms with Crippen LogP contribution < -0.4 is 0 Å². The lowest BCUT2D eigenvalue weighted by atomic mass is 10.1. The number of fused-ring (bicyclic) bond motifs is 1. The minimum Gasteiger partial charge on any atom is -0.371 e. The zero-order valence-corrected chi connectivity index (χ0v) is 12.7. The van der Waals surface area contributed by atoms with Crippen molar-refractivity contribution in [3.05, 3.63) is 0 Å². The monoisotopic (exact) mass is 276 g/mol. The number of ether oxygens (including phenoxy) is 3. The van der Waals surface area contributed by atoms with Gasteiger partial charge in [-0.2, -0.15) is 0 Å². The first kappa shape index (κ1) is 14.4. The van der Waals surface area contributed by atoms with E-state index in [0.717, 1.165) is 0 Å². The van der Waals surface area contributed by atoms with Crippen LogP contribution in [-0.2, 0) is 25.0 Å². The largest absolute Gasteiger partial charge is 0.371 e. The quantitative estimate of drug-likeness (QED) is 0.783. The van der Waals surface area contributed by atoms with Crippen molar-refractivity contribution in [3.63, 3.8) is 0 Å². The molecule has 2 rings (SSSR count). The van der Waals surface area contributed by atoms with Gasteiger partial charge in [0.2, 0.25) is 0 Å². The van der Waals surface area contributed by atoms with E-state index in [2.05, 4.69) is 0 Å². The van der Waals surface area contributed by atoms with E-state index in [0.29, 0.717) is 13.2 Å². The molecule has 0 saturated carbocycles. The predicted octanol–water partition coefficient (Wildman–Crippen LogP) is 1.49. The molecule has 0 aromatic carbocycles. The summed E-state index contributed by atoms with van der Waals surface area (Å²) in [5.41, 5.74) is 0. The van der Waals surface area contributed by atoms with Crippen LogP contribution in [0.25, 0.3) is 0 Å². The van der Waals surface area contributed by atoms with E-state index in [1.807, 2.05) is 34.6 Å². The van der Waals surface area contributed by atoms with Crippen molar-refractivity contribution in [2.45, 2.75) is 69.0 Å². The van der Waals surface area contributed by atoms with Gasteiger partial charge in [0.15, 0.2) is 0 Å². The smallest absolute Gasteiger partial charge is 0.113 e. The maximum Gasteiger partial charge on any atom is 0.113 e. The highest BCUT2D eigenvalue weighted by atomic mass is 32.2. The standard InChI is InChI=1S/C13H24O4S/c1-8(2)17-9-6-15-12-10(7-16-11(9)12)18(14)13(3,4)5/h8-12H,6-7H2,1-5H3/t9?,10?,11-,12-,18?/m1/s1. The van der Waals surface area contributed by atoms with E-state index >= 15 is 0 Å². The summed E-state index contributed by atoms with van der Waals surface area (Å²) >= 11 is 0. The van der Waals surface area contributed by atoms with Gasteiger partial charge in [-0.05, 0) is 34.6 Å². The van der Waals surface area contributed by atoms with Gasteiger partial charge in [0.05, 0.1) is 24.6 Å². The van der Waals surface area contributed by atoms with E-state index in [1.54, 1.807) is 0 Å². The lowest BCUT2D eigenvalue weighted by Gasteiger charge is -2.24. The van der Waals surface area contributed by atoms with E-state index in [9.17, 15) is 4.21 Å². The Morgan fingerprint density at radius 2 is 1.78 bits per heavy atom. The molecular formula is C13H24O4S. The van der Waals surface area contributed by atoms with Gasteiger partial charge < -0.3 is 14.2 Å². The normalized spacial score (nSPS) is 38.1. The third kappa shape index (κ3) is 2.79. The molecule has 5 atom stereocenters. The first-order chi connectivity index (χ1) is 8.30. The SMILES string of the molecule is CC(C)OC1CO[C@@H]2C(S(=O)C(C)(C)C)CO[C@H]12. The molecule has 2 aliphatic heterocycles. The van der Waals surface area contributed by atoms with E-state index < -0.39 is 10.8 Å². The molecule has 0 amide bonds. The topological polar surface area (TPSA) is 44.8 Å². The Kier molecular flexibility index (Phi) is 4.17. The number of rotatable bonds is 3. The molecule has 2 saturated heterocycles. The van der Waals surface area contributed by atoms with Gasteiger partial charge in [-0.15, -0.1) is 0 Å². The van der Waals surface area contributed by atoms with Crippen molar-refractivity contribution in [3.8, 4) is 0 Å². The van der Waals surface area contributed by atoms with E-state index in [1.165, 1.54) is 0 Å². The van der Waals surface area contributed by atoms with Crippen LogP contribution in [0.3, 0.4) is 0 Å². The summed E-state index contributed by atoms with van der Waals surface area (Å²) in [6.45, 7) is 11.1. The molecule has 3 unspecified atom stereocenters. The Labute approximate surface area is 112 Å². The second kappa shape index (κ2) is 5.19. The minimum atomic E-state index is -0.956. The van der Waals surface area contributed by atoms with Crippen LogP contribution in [0.5, 0.6) is 0 Å². The van der Waals surface area contributed by atoms with Gasteiger partial charge in [-0.25, -0.2) is 0 Å². The molecule has 0 aliphatic carbocycles. The van der Waals surface area contributed by atoms with Crippen molar-refractivity contribution < 1.29 is 18.4 Å². The lowest BCUT2D eigenvalue weighted by Crippen LogP contribution is -2.40. The minimum absolute atomic E-state index is 0.0167. The Balaban J connectivity index is 2.03. The summed E-state index contributed by atoms with van der Waals surface area (Å²) in [6, 6.07) is 0. The van der Waals surface area contributed by atoms with Crippen molar-refractivity contribution in [1.29, 1.82) is 0 Å².